The number of rotatable bonds is 3. The molecule has 2 heterocycles. The second kappa shape index (κ2) is 6.36. The molecule has 0 bridgehead atoms. The Morgan fingerprint density at radius 3 is 2.59 bits per heavy atom. The second-order valence-corrected chi connectivity index (χ2v) is 6.39. The average molecular weight is 360 g/mol. The number of hydrogen-bond donors (Lipinski definition) is 0. The Labute approximate surface area is 155 Å². The molecule has 0 radical (unpaired) electrons. The molecule has 0 aliphatic carbocycles. The SMILES string of the molecule is O=C(Cc1ccc2c(c1)OCCO2)Oc1ccc2oc3ccccc3c2c1. The first-order chi connectivity index (χ1) is 13.3. The van der Waals surface area contributed by atoms with Crippen molar-refractivity contribution in [1.29, 1.82) is 0 Å². The van der Waals surface area contributed by atoms with Crippen LogP contribution in [0.1, 0.15) is 5.56 Å². The van der Waals surface area contributed by atoms with Crippen molar-refractivity contribution in [3.8, 4) is 17.2 Å². The molecule has 0 atom stereocenters. The Morgan fingerprint density at radius 1 is 0.852 bits per heavy atom. The van der Waals surface area contributed by atoms with Crippen molar-refractivity contribution < 1.29 is 23.4 Å². The third kappa shape index (κ3) is 2.97. The summed E-state index contributed by atoms with van der Waals surface area (Å²) in [6, 6.07) is 18.7. The monoisotopic (exact) mass is 360 g/mol. The Kier molecular flexibility index (Phi) is 3.71. The van der Waals surface area contributed by atoms with Gasteiger partial charge in [0.25, 0.3) is 0 Å². The van der Waals surface area contributed by atoms with E-state index < -0.39 is 0 Å². The van der Waals surface area contributed by atoms with Crippen molar-refractivity contribution in [3.63, 3.8) is 0 Å². The van der Waals surface area contributed by atoms with Crippen LogP contribution in [-0.2, 0) is 11.2 Å². The van der Waals surface area contributed by atoms with Crippen molar-refractivity contribution >= 4 is 27.9 Å². The predicted molar refractivity (Wildman–Crippen MR) is 100 cm³/mol. The number of ether oxygens (including phenoxy) is 3. The molecule has 27 heavy (non-hydrogen) atoms. The standard InChI is InChI=1S/C22H16O5/c23-22(12-14-5-7-20-21(11-14)25-10-9-24-20)26-15-6-8-19-17(13-15)16-3-1-2-4-18(16)27-19/h1-8,11,13H,9-10,12H2. The highest BCUT2D eigenvalue weighted by molar-refractivity contribution is 6.05. The molecular formula is C22H16O5. The van der Waals surface area contributed by atoms with Gasteiger partial charge in [-0.05, 0) is 42.0 Å². The van der Waals surface area contributed by atoms with E-state index in [0.29, 0.717) is 30.5 Å². The highest BCUT2D eigenvalue weighted by Gasteiger charge is 2.15. The van der Waals surface area contributed by atoms with E-state index in [1.165, 1.54) is 0 Å². The molecule has 3 aromatic carbocycles. The van der Waals surface area contributed by atoms with Gasteiger partial charge in [0.15, 0.2) is 11.5 Å². The quantitative estimate of drug-likeness (QED) is 0.398. The van der Waals surface area contributed by atoms with Crippen LogP contribution < -0.4 is 14.2 Å². The number of furan rings is 1. The number of para-hydroxylation sites is 1. The molecule has 1 aliphatic rings. The maximum absolute atomic E-state index is 12.4. The largest absolute Gasteiger partial charge is 0.486 e. The summed E-state index contributed by atoms with van der Waals surface area (Å²) < 4.78 is 22.4. The van der Waals surface area contributed by atoms with Gasteiger partial charge in [-0.25, -0.2) is 0 Å². The van der Waals surface area contributed by atoms with Crippen LogP contribution in [0.3, 0.4) is 0 Å². The van der Waals surface area contributed by atoms with Gasteiger partial charge in [-0.1, -0.05) is 24.3 Å². The van der Waals surface area contributed by atoms with Crippen molar-refractivity contribution in [2.75, 3.05) is 13.2 Å². The molecule has 0 saturated carbocycles. The smallest absolute Gasteiger partial charge is 0.315 e. The zero-order chi connectivity index (χ0) is 18.2. The lowest BCUT2D eigenvalue weighted by Gasteiger charge is -2.18. The minimum Gasteiger partial charge on any atom is -0.486 e. The van der Waals surface area contributed by atoms with E-state index in [2.05, 4.69) is 0 Å². The van der Waals surface area contributed by atoms with Gasteiger partial charge in [-0.3, -0.25) is 4.79 Å². The highest BCUT2D eigenvalue weighted by Crippen LogP contribution is 2.32. The van der Waals surface area contributed by atoms with Crippen LogP contribution in [0.25, 0.3) is 21.9 Å². The summed E-state index contributed by atoms with van der Waals surface area (Å²) in [4.78, 5) is 12.4. The van der Waals surface area contributed by atoms with Gasteiger partial charge in [0.1, 0.15) is 30.1 Å². The molecule has 0 unspecified atom stereocenters. The van der Waals surface area contributed by atoms with E-state index >= 15 is 0 Å². The fraction of sp³-hybridized carbons (Fsp3) is 0.136. The lowest BCUT2D eigenvalue weighted by Crippen LogP contribution is -2.16. The summed E-state index contributed by atoms with van der Waals surface area (Å²) in [7, 11) is 0. The summed E-state index contributed by atoms with van der Waals surface area (Å²) in [5.41, 5.74) is 2.40. The predicted octanol–water partition coefficient (Wildman–Crippen LogP) is 4.51. The van der Waals surface area contributed by atoms with Crippen molar-refractivity contribution in [3.05, 3.63) is 66.2 Å². The topological polar surface area (TPSA) is 57.9 Å². The van der Waals surface area contributed by atoms with E-state index in [4.69, 9.17) is 18.6 Å². The molecule has 5 heteroatoms. The van der Waals surface area contributed by atoms with Gasteiger partial charge in [0, 0.05) is 10.8 Å². The first kappa shape index (κ1) is 15.8. The molecule has 1 aliphatic heterocycles. The number of fused-ring (bicyclic) bond motifs is 4. The van der Waals surface area contributed by atoms with Gasteiger partial charge in [0.2, 0.25) is 0 Å². The third-order valence-corrected chi connectivity index (χ3v) is 4.53. The molecule has 5 rings (SSSR count). The van der Waals surface area contributed by atoms with Crippen molar-refractivity contribution in [2.24, 2.45) is 0 Å². The molecule has 4 aromatic rings. The molecule has 5 nitrogen and oxygen atoms in total. The molecule has 1 aromatic heterocycles. The molecule has 0 fully saturated rings. The summed E-state index contributed by atoms with van der Waals surface area (Å²) >= 11 is 0. The fourth-order valence-corrected chi connectivity index (χ4v) is 3.30. The molecule has 134 valence electrons. The lowest BCUT2D eigenvalue weighted by molar-refractivity contribution is -0.133. The van der Waals surface area contributed by atoms with Crippen LogP contribution in [0.5, 0.6) is 17.2 Å². The Balaban J connectivity index is 1.36. The highest BCUT2D eigenvalue weighted by atomic mass is 16.6. The number of benzene rings is 3. The van der Waals surface area contributed by atoms with Gasteiger partial charge < -0.3 is 18.6 Å². The number of hydrogen-bond acceptors (Lipinski definition) is 5. The molecule has 0 amide bonds. The zero-order valence-corrected chi connectivity index (χ0v) is 14.4. The lowest BCUT2D eigenvalue weighted by atomic mass is 10.1. The normalized spacial score (nSPS) is 13.0. The Hall–Kier alpha value is -3.47. The van der Waals surface area contributed by atoms with E-state index in [9.17, 15) is 4.79 Å². The van der Waals surface area contributed by atoms with Crippen LogP contribution in [0, 0.1) is 0 Å². The number of carbonyl (C=O) groups excluding carboxylic acids is 1. The summed E-state index contributed by atoms with van der Waals surface area (Å²) in [6.07, 6.45) is 0.154. The molecule has 0 N–H and O–H groups in total. The van der Waals surface area contributed by atoms with Gasteiger partial charge in [-0.15, -0.1) is 0 Å². The first-order valence-corrected chi connectivity index (χ1v) is 8.77. The maximum atomic E-state index is 12.4. The maximum Gasteiger partial charge on any atom is 0.315 e. The zero-order valence-electron chi connectivity index (χ0n) is 14.4. The van der Waals surface area contributed by atoms with E-state index in [1.54, 1.807) is 6.07 Å². The summed E-state index contributed by atoms with van der Waals surface area (Å²) in [5, 5.41) is 1.92. The van der Waals surface area contributed by atoms with Crippen LogP contribution in [0.2, 0.25) is 0 Å². The van der Waals surface area contributed by atoms with Gasteiger partial charge in [0.05, 0.1) is 6.42 Å². The third-order valence-electron chi connectivity index (χ3n) is 4.53. The van der Waals surface area contributed by atoms with Crippen molar-refractivity contribution in [2.45, 2.75) is 6.42 Å². The van der Waals surface area contributed by atoms with Crippen LogP contribution in [0.15, 0.2) is 65.1 Å². The fourth-order valence-electron chi connectivity index (χ4n) is 3.30. The molecule has 0 spiro atoms. The number of carbonyl (C=O) groups is 1. The number of esters is 1. The van der Waals surface area contributed by atoms with Crippen LogP contribution >= 0.6 is 0 Å². The van der Waals surface area contributed by atoms with Crippen LogP contribution in [-0.4, -0.2) is 19.2 Å². The summed E-state index contributed by atoms with van der Waals surface area (Å²) in [5.74, 6) is 1.53. The minimum absolute atomic E-state index is 0.154. The average Bonchev–Trinajstić information content (AvgIpc) is 3.06. The molecular weight excluding hydrogens is 344 g/mol. The second-order valence-electron chi connectivity index (χ2n) is 6.39. The van der Waals surface area contributed by atoms with Crippen LogP contribution in [0.4, 0.5) is 0 Å². The van der Waals surface area contributed by atoms with E-state index in [1.807, 2.05) is 54.6 Å². The van der Waals surface area contributed by atoms with E-state index in [0.717, 1.165) is 27.5 Å². The van der Waals surface area contributed by atoms with Gasteiger partial charge in [-0.2, -0.15) is 0 Å². The van der Waals surface area contributed by atoms with Gasteiger partial charge >= 0.3 is 5.97 Å². The minimum atomic E-state index is -0.334. The van der Waals surface area contributed by atoms with E-state index in [-0.39, 0.29) is 12.4 Å². The Morgan fingerprint density at radius 2 is 1.67 bits per heavy atom. The van der Waals surface area contributed by atoms with Crippen molar-refractivity contribution in [1.82, 2.24) is 0 Å². The summed E-state index contributed by atoms with van der Waals surface area (Å²) in [6.45, 7) is 1.05. The Bertz CT molecular complexity index is 1160. The molecule has 0 saturated heterocycles. The first-order valence-electron chi connectivity index (χ1n) is 8.77.